The second kappa shape index (κ2) is 7.33. The number of carbonyl (C=O) groups excluding carboxylic acids is 1. The standard InChI is InChI=1S/C14H23N3O4/c1-5-16(10-14(2,3)20)13(19)11-6-7-12(18)17(15-11)8-9-21-4/h6-7,20H,5,8-10H2,1-4H3. The largest absolute Gasteiger partial charge is 0.389 e. The number of likely N-dealkylation sites (N-methyl/N-ethyl adjacent to an activating group) is 1. The topological polar surface area (TPSA) is 84.7 Å². The van der Waals surface area contributed by atoms with Crippen LogP contribution in [0.5, 0.6) is 0 Å². The van der Waals surface area contributed by atoms with E-state index in [1.165, 1.54) is 28.8 Å². The van der Waals surface area contributed by atoms with Gasteiger partial charge in [0.15, 0.2) is 0 Å². The van der Waals surface area contributed by atoms with E-state index in [0.29, 0.717) is 13.2 Å². The molecule has 0 aromatic carbocycles. The van der Waals surface area contributed by atoms with E-state index >= 15 is 0 Å². The van der Waals surface area contributed by atoms with E-state index in [0.717, 1.165) is 0 Å². The Morgan fingerprint density at radius 3 is 2.67 bits per heavy atom. The number of hydrogen-bond acceptors (Lipinski definition) is 5. The van der Waals surface area contributed by atoms with E-state index in [2.05, 4.69) is 5.10 Å². The first-order chi connectivity index (χ1) is 9.78. The molecule has 21 heavy (non-hydrogen) atoms. The van der Waals surface area contributed by atoms with Crippen LogP contribution in [0.2, 0.25) is 0 Å². The number of aromatic nitrogens is 2. The summed E-state index contributed by atoms with van der Waals surface area (Å²) in [6, 6.07) is 2.72. The van der Waals surface area contributed by atoms with Crippen molar-refractivity contribution in [3.63, 3.8) is 0 Å². The zero-order valence-corrected chi connectivity index (χ0v) is 13.0. The van der Waals surface area contributed by atoms with Crippen molar-refractivity contribution in [2.45, 2.75) is 32.9 Å². The lowest BCUT2D eigenvalue weighted by molar-refractivity contribution is 0.0310. The number of rotatable bonds is 7. The van der Waals surface area contributed by atoms with E-state index in [4.69, 9.17) is 4.74 Å². The van der Waals surface area contributed by atoms with Crippen molar-refractivity contribution in [2.24, 2.45) is 0 Å². The number of ether oxygens (including phenoxy) is 1. The minimum atomic E-state index is -0.990. The zero-order valence-electron chi connectivity index (χ0n) is 13.0. The number of aliphatic hydroxyl groups is 1. The number of carbonyl (C=O) groups is 1. The lowest BCUT2D eigenvalue weighted by atomic mass is 10.1. The molecule has 0 unspecified atom stereocenters. The summed E-state index contributed by atoms with van der Waals surface area (Å²) in [4.78, 5) is 25.5. The Kier molecular flexibility index (Phi) is 6.04. The van der Waals surface area contributed by atoms with Crippen LogP contribution < -0.4 is 5.56 Å². The van der Waals surface area contributed by atoms with Crippen LogP contribution in [0.4, 0.5) is 0 Å². The van der Waals surface area contributed by atoms with E-state index < -0.39 is 5.60 Å². The van der Waals surface area contributed by atoms with E-state index in [1.54, 1.807) is 13.8 Å². The quantitative estimate of drug-likeness (QED) is 0.773. The van der Waals surface area contributed by atoms with E-state index in [-0.39, 0.29) is 30.2 Å². The van der Waals surface area contributed by atoms with Crippen LogP contribution in [0, 0.1) is 0 Å². The van der Waals surface area contributed by atoms with Crippen LogP contribution in [0.3, 0.4) is 0 Å². The van der Waals surface area contributed by atoms with Gasteiger partial charge in [-0.1, -0.05) is 0 Å². The highest BCUT2D eigenvalue weighted by atomic mass is 16.5. The molecule has 1 rings (SSSR count). The third-order valence-electron chi connectivity index (χ3n) is 2.84. The summed E-state index contributed by atoms with van der Waals surface area (Å²) in [5.74, 6) is -0.314. The molecule has 0 radical (unpaired) electrons. The van der Waals surface area contributed by atoms with Crippen LogP contribution in [0.1, 0.15) is 31.3 Å². The molecule has 0 spiro atoms. The summed E-state index contributed by atoms with van der Waals surface area (Å²) in [5, 5.41) is 13.9. The smallest absolute Gasteiger partial charge is 0.274 e. The Hall–Kier alpha value is -1.73. The van der Waals surface area contributed by atoms with E-state index in [9.17, 15) is 14.7 Å². The van der Waals surface area contributed by atoms with Crippen molar-refractivity contribution < 1.29 is 14.6 Å². The summed E-state index contributed by atoms with van der Waals surface area (Å²) in [6.07, 6.45) is 0. The fourth-order valence-corrected chi connectivity index (χ4v) is 1.86. The SMILES string of the molecule is CCN(CC(C)(C)O)C(=O)c1ccc(=O)n(CCOC)n1. The minimum absolute atomic E-state index is 0.178. The zero-order chi connectivity index (χ0) is 16.0. The minimum Gasteiger partial charge on any atom is -0.389 e. The maximum atomic E-state index is 12.4. The Balaban J connectivity index is 2.97. The highest BCUT2D eigenvalue weighted by Crippen LogP contribution is 2.08. The summed E-state index contributed by atoms with van der Waals surface area (Å²) in [6.45, 7) is 6.36. The molecule has 1 amide bonds. The summed E-state index contributed by atoms with van der Waals surface area (Å²) in [5.41, 5.74) is -1.10. The molecule has 0 aliphatic rings. The molecule has 0 bridgehead atoms. The predicted molar refractivity (Wildman–Crippen MR) is 78.2 cm³/mol. The fraction of sp³-hybridized carbons (Fsp3) is 0.643. The van der Waals surface area contributed by atoms with Gasteiger partial charge < -0.3 is 14.7 Å². The third kappa shape index (κ3) is 5.28. The summed E-state index contributed by atoms with van der Waals surface area (Å²) >= 11 is 0. The Labute approximate surface area is 124 Å². The Bertz CT molecular complexity index is 534. The van der Waals surface area contributed by atoms with Crippen molar-refractivity contribution in [3.05, 3.63) is 28.2 Å². The molecule has 1 aromatic heterocycles. The number of hydrogen-bond donors (Lipinski definition) is 1. The van der Waals surface area contributed by atoms with Crippen molar-refractivity contribution in [2.75, 3.05) is 26.8 Å². The van der Waals surface area contributed by atoms with Crippen LogP contribution in [0.25, 0.3) is 0 Å². The monoisotopic (exact) mass is 297 g/mol. The average molecular weight is 297 g/mol. The maximum Gasteiger partial charge on any atom is 0.274 e. The maximum absolute atomic E-state index is 12.4. The number of amides is 1. The van der Waals surface area contributed by atoms with Gasteiger partial charge in [-0.3, -0.25) is 9.59 Å². The molecule has 1 heterocycles. The fourth-order valence-electron chi connectivity index (χ4n) is 1.86. The summed E-state index contributed by atoms with van der Waals surface area (Å²) in [7, 11) is 1.53. The van der Waals surface area contributed by atoms with Gasteiger partial charge in [-0.15, -0.1) is 0 Å². The molecule has 0 atom stereocenters. The van der Waals surface area contributed by atoms with Gasteiger partial charge in [0.05, 0.1) is 18.8 Å². The molecule has 7 heteroatoms. The van der Waals surface area contributed by atoms with Crippen LogP contribution in [0.15, 0.2) is 16.9 Å². The Morgan fingerprint density at radius 1 is 1.48 bits per heavy atom. The highest BCUT2D eigenvalue weighted by Gasteiger charge is 2.23. The Morgan fingerprint density at radius 2 is 2.14 bits per heavy atom. The van der Waals surface area contributed by atoms with Crippen LogP contribution >= 0.6 is 0 Å². The van der Waals surface area contributed by atoms with Crippen LogP contribution in [-0.2, 0) is 11.3 Å². The molecule has 0 fully saturated rings. The van der Waals surface area contributed by atoms with Crippen molar-refractivity contribution in [1.82, 2.24) is 14.7 Å². The molecule has 0 aliphatic carbocycles. The van der Waals surface area contributed by atoms with E-state index in [1.807, 2.05) is 6.92 Å². The van der Waals surface area contributed by atoms with Gasteiger partial charge in [0.25, 0.3) is 11.5 Å². The number of methoxy groups -OCH3 is 1. The lowest BCUT2D eigenvalue weighted by Gasteiger charge is -2.27. The highest BCUT2D eigenvalue weighted by molar-refractivity contribution is 5.92. The molecule has 7 nitrogen and oxygen atoms in total. The van der Waals surface area contributed by atoms with Crippen LogP contribution in [-0.4, -0.2) is 58.1 Å². The second-order valence-corrected chi connectivity index (χ2v) is 5.40. The summed E-state index contributed by atoms with van der Waals surface area (Å²) < 4.78 is 6.11. The number of nitrogens with zero attached hydrogens (tertiary/aromatic N) is 3. The first-order valence-corrected chi connectivity index (χ1v) is 6.87. The molecule has 0 saturated carbocycles. The van der Waals surface area contributed by atoms with Gasteiger partial charge in [0, 0.05) is 26.3 Å². The molecule has 0 saturated heterocycles. The van der Waals surface area contributed by atoms with Gasteiger partial charge in [0.2, 0.25) is 0 Å². The third-order valence-corrected chi connectivity index (χ3v) is 2.84. The molecular weight excluding hydrogens is 274 g/mol. The second-order valence-electron chi connectivity index (χ2n) is 5.40. The van der Waals surface area contributed by atoms with Crippen molar-refractivity contribution in [1.29, 1.82) is 0 Å². The molecule has 1 N–H and O–H groups in total. The average Bonchev–Trinajstić information content (AvgIpc) is 2.42. The molecule has 118 valence electrons. The van der Waals surface area contributed by atoms with Gasteiger partial charge >= 0.3 is 0 Å². The first kappa shape index (κ1) is 17.3. The van der Waals surface area contributed by atoms with Gasteiger partial charge in [-0.05, 0) is 26.8 Å². The lowest BCUT2D eigenvalue weighted by Crippen LogP contribution is -2.43. The molecule has 0 aliphatic heterocycles. The van der Waals surface area contributed by atoms with Gasteiger partial charge in [-0.2, -0.15) is 5.10 Å². The van der Waals surface area contributed by atoms with Gasteiger partial charge in [-0.25, -0.2) is 4.68 Å². The van der Waals surface area contributed by atoms with Crippen molar-refractivity contribution >= 4 is 5.91 Å². The van der Waals surface area contributed by atoms with Gasteiger partial charge in [0.1, 0.15) is 5.69 Å². The molecular formula is C14H23N3O4. The first-order valence-electron chi connectivity index (χ1n) is 6.87. The van der Waals surface area contributed by atoms with Crippen molar-refractivity contribution in [3.8, 4) is 0 Å². The molecule has 1 aromatic rings. The predicted octanol–water partition coefficient (Wildman–Crippen LogP) is 0.123. The normalized spacial score (nSPS) is 11.5.